The largest absolute Gasteiger partial charge is 0.275 e. The lowest BCUT2D eigenvalue weighted by Gasteiger charge is -2.20. The average molecular weight is 573 g/mol. The molecule has 2 heterocycles. The summed E-state index contributed by atoms with van der Waals surface area (Å²) in [6.07, 6.45) is 3.70. The van der Waals surface area contributed by atoms with Gasteiger partial charge in [-0.05, 0) is 42.2 Å². The topological polar surface area (TPSA) is 51.6 Å². The number of benzene rings is 2. The van der Waals surface area contributed by atoms with E-state index in [1.165, 1.54) is 31.5 Å². The lowest BCUT2D eigenvalue weighted by atomic mass is 9.86. The van der Waals surface area contributed by atoms with Gasteiger partial charge in [-0.1, -0.05) is 111 Å². The van der Waals surface area contributed by atoms with Crippen molar-refractivity contribution in [1.82, 2.24) is 19.9 Å². The number of rotatable bonds is 6. The van der Waals surface area contributed by atoms with Crippen molar-refractivity contribution in [2.45, 2.75) is 99.3 Å². The second-order valence-electron chi connectivity index (χ2n) is 13.0. The molecule has 0 spiro atoms. The molecule has 0 atom stereocenters. The zero-order valence-electron chi connectivity index (χ0n) is 27.1. The third kappa shape index (κ3) is 7.84. The van der Waals surface area contributed by atoms with Gasteiger partial charge in [-0.2, -0.15) is 0 Å². The van der Waals surface area contributed by atoms with Gasteiger partial charge in [-0.25, -0.2) is 23.7 Å². The van der Waals surface area contributed by atoms with E-state index in [0.29, 0.717) is 17.7 Å². The molecule has 4 aromatic rings. The highest BCUT2D eigenvalue weighted by Gasteiger charge is 2.35. The lowest BCUT2D eigenvalue weighted by molar-refractivity contribution is -0.0513. The normalized spacial score (nSPS) is 12.1. The fourth-order valence-corrected chi connectivity index (χ4v) is 4.69. The van der Waals surface area contributed by atoms with Crippen LogP contribution in [0.1, 0.15) is 108 Å². The fourth-order valence-electron chi connectivity index (χ4n) is 4.69. The van der Waals surface area contributed by atoms with E-state index >= 15 is 0 Å². The molecule has 0 N–H and O–H groups in total. The van der Waals surface area contributed by atoms with Crippen LogP contribution in [0.15, 0.2) is 60.9 Å². The Morgan fingerprint density at radius 3 is 1.62 bits per heavy atom. The van der Waals surface area contributed by atoms with Crippen molar-refractivity contribution in [3.63, 3.8) is 0 Å². The quantitative estimate of drug-likeness (QED) is 0.231. The maximum absolute atomic E-state index is 14.0. The van der Waals surface area contributed by atoms with Crippen molar-refractivity contribution in [3.05, 3.63) is 94.7 Å². The van der Waals surface area contributed by atoms with Crippen molar-refractivity contribution in [3.8, 4) is 22.6 Å². The molecule has 0 radical (unpaired) electrons. The SMILES string of the molecule is Cc1nc(-c2ccc(C(C)(C)C)cc2)cnc1C(C)C.Cc1nc(-c2ccc(C(F)(F)C(C)C)cc2)ncc1C(C)C. The maximum Gasteiger partial charge on any atom is 0.275 e. The summed E-state index contributed by atoms with van der Waals surface area (Å²) < 4.78 is 28.0. The zero-order valence-corrected chi connectivity index (χ0v) is 27.1. The molecular formula is C36H46F2N4. The highest BCUT2D eigenvalue weighted by Crippen LogP contribution is 2.36. The molecule has 2 aromatic heterocycles. The fraction of sp³-hybridized carbons (Fsp3) is 0.444. The van der Waals surface area contributed by atoms with Crippen LogP contribution in [0.2, 0.25) is 0 Å². The smallest absolute Gasteiger partial charge is 0.257 e. The third-order valence-corrected chi connectivity index (χ3v) is 7.47. The Bertz CT molecular complexity index is 1470. The van der Waals surface area contributed by atoms with Crippen molar-refractivity contribution >= 4 is 0 Å². The maximum atomic E-state index is 14.0. The number of hydrogen-bond acceptors (Lipinski definition) is 4. The second-order valence-corrected chi connectivity index (χ2v) is 13.0. The molecule has 4 rings (SSSR count). The Morgan fingerprint density at radius 2 is 1.17 bits per heavy atom. The molecule has 2 aromatic carbocycles. The summed E-state index contributed by atoms with van der Waals surface area (Å²) in [4.78, 5) is 18.1. The molecular weight excluding hydrogens is 526 g/mol. The molecule has 224 valence electrons. The molecule has 42 heavy (non-hydrogen) atoms. The minimum absolute atomic E-state index is 0.0294. The first-order valence-electron chi connectivity index (χ1n) is 14.8. The summed E-state index contributed by atoms with van der Waals surface area (Å²) in [5.74, 6) is -2.21. The standard InChI is InChI=1S/C18H22F2N2.C18H24N2/c1-11(2)16-10-21-17(22-13(16)5)14-6-8-15(9-7-14)18(19,20)12(3)4;1-12(2)17-13(3)20-16(11-19-17)14-7-9-15(10-8-14)18(4,5)6/h6-12H,1-5H3;7-12H,1-6H3. The highest BCUT2D eigenvalue weighted by atomic mass is 19.3. The summed E-state index contributed by atoms with van der Waals surface area (Å²) >= 11 is 0. The van der Waals surface area contributed by atoms with E-state index in [-0.39, 0.29) is 11.0 Å². The van der Waals surface area contributed by atoms with Gasteiger partial charge in [0.05, 0.1) is 23.3 Å². The molecule has 0 amide bonds. The average Bonchev–Trinajstić information content (AvgIpc) is 2.92. The molecule has 0 aliphatic heterocycles. The van der Waals surface area contributed by atoms with E-state index in [0.717, 1.165) is 39.5 Å². The van der Waals surface area contributed by atoms with E-state index in [2.05, 4.69) is 87.7 Å². The van der Waals surface area contributed by atoms with Gasteiger partial charge >= 0.3 is 0 Å². The van der Waals surface area contributed by atoms with Crippen LogP contribution in [0.5, 0.6) is 0 Å². The van der Waals surface area contributed by atoms with Gasteiger partial charge in [0.25, 0.3) is 5.92 Å². The van der Waals surface area contributed by atoms with Gasteiger partial charge in [0.15, 0.2) is 5.82 Å². The molecule has 0 aliphatic carbocycles. The van der Waals surface area contributed by atoms with Crippen LogP contribution >= 0.6 is 0 Å². The minimum Gasteiger partial charge on any atom is -0.257 e. The van der Waals surface area contributed by atoms with Gasteiger partial charge in [0, 0.05) is 34.5 Å². The van der Waals surface area contributed by atoms with Crippen LogP contribution in [0.25, 0.3) is 22.6 Å². The van der Waals surface area contributed by atoms with Crippen LogP contribution < -0.4 is 0 Å². The molecule has 0 fully saturated rings. The van der Waals surface area contributed by atoms with E-state index in [4.69, 9.17) is 4.98 Å². The van der Waals surface area contributed by atoms with Crippen LogP contribution in [0.4, 0.5) is 8.78 Å². The van der Waals surface area contributed by atoms with Crippen molar-refractivity contribution < 1.29 is 8.78 Å². The summed E-state index contributed by atoms with van der Waals surface area (Å²) in [6.45, 7) is 22.2. The van der Waals surface area contributed by atoms with Crippen LogP contribution in [-0.4, -0.2) is 19.9 Å². The summed E-state index contributed by atoms with van der Waals surface area (Å²) in [6, 6.07) is 14.9. The number of aryl methyl sites for hydroxylation is 2. The second kappa shape index (κ2) is 13.2. The number of aromatic nitrogens is 4. The number of nitrogens with zero attached hydrogens (tertiary/aromatic N) is 4. The van der Waals surface area contributed by atoms with Gasteiger partial charge in [0.2, 0.25) is 0 Å². The summed E-state index contributed by atoms with van der Waals surface area (Å²) in [7, 11) is 0. The van der Waals surface area contributed by atoms with Gasteiger partial charge in [0.1, 0.15) is 0 Å². The minimum atomic E-state index is -2.82. The highest BCUT2D eigenvalue weighted by molar-refractivity contribution is 5.59. The molecule has 0 saturated heterocycles. The van der Waals surface area contributed by atoms with E-state index in [1.54, 1.807) is 12.1 Å². The number of hydrogen-bond donors (Lipinski definition) is 0. The summed E-state index contributed by atoms with van der Waals surface area (Å²) in [5.41, 5.74) is 8.52. The van der Waals surface area contributed by atoms with E-state index < -0.39 is 11.8 Å². The van der Waals surface area contributed by atoms with Gasteiger partial charge < -0.3 is 0 Å². The molecule has 6 heteroatoms. The Hall–Kier alpha value is -3.54. The lowest BCUT2D eigenvalue weighted by Crippen LogP contribution is -2.20. The first kappa shape index (κ1) is 33.0. The first-order valence-corrected chi connectivity index (χ1v) is 14.8. The molecule has 0 saturated carbocycles. The van der Waals surface area contributed by atoms with Crippen LogP contribution in [0.3, 0.4) is 0 Å². The molecule has 0 aliphatic rings. The van der Waals surface area contributed by atoms with Crippen LogP contribution in [0, 0.1) is 19.8 Å². The Labute approximate surface area is 251 Å². The third-order valence-electron chi connectivity index (χ3n) is 7.47. The number of halogens is 2. The zero-order chi connectivity index (χ0) is 31.4. The molecule has 0 bridgehead atoms. The van der Waals surface area contributed by atoms with Crippen molar-refractivity contribution in [2.24, 2.45) is 5.92 Å². The molecule has 0 unspecified atom stereocenters. The van der Waals surface area contributed by atoms with Crippen molar-refractivity contribution in [1.29, 1.82) is 0 Å². The monoisotopic (exact) mass is 572 g/mol. The van der Waals surface area contributed by atoms with E-state index in [1.807, 2.05) is 26.2 Å². The predicted octanol–water partition coefficient (Wildman–Crippen LogP) is 10.2. The Kier molecular flexibility index (Phi) is 10.3. The first-order chi connectivity index (χ1) is 19.5. The Morgan fingerprint density at radius 1 is 0.619 bits per heavy atom. The van der Waals surface area contributed by atoms with E-state index in [9.17, 15) is 8.78 Å². The van der Waals surface area contributed by atoms with Gasteiger partial charge in [-0.3, -0.25) is 4.98 Å². The Balaban J connectivity index is 0.000000231. The van der Waals surface area contributed by atoms with Crippen LogP contribution in [-0.2, 0) is 11.3 Å². The predicted molar refractivity (Wildman–Crippen MR) is 170 cm³/mol. The van der Waals surface area contributed by atoms with Gasteiger partial charge in [-0.15, -0.1) is 0 Å². The molecule has 4 nitrogen and oxygen atoms in total. The number of alkyl halides is 2. The summed E-state index contributed by atoms with van der Waals surface area (Å²) in [5, 5.41) is 0. The van der Waals surface area contributed by atoms with Crippen molar-refractivity contribution in [2.75, 3.05) is 0 Å².